The monoisotopic (exact) mass is 217 g/mol. The summed E-state index contributed by atoms with van der Waals surface area (Å²) in [6, 6.07) is 6.80. The van der Waals surface area contributed by atoms with Crippen molar-refractivity contribution in [3.63, 3.8) is 0 Å². The van der Waals surface area contributed by atoms with Gasteiger partial charge < -0.3 is 10.1 Å². The fourth-order valence-electron chi connectivity index (χ4n) is 2.92. The topological polar surface area (TPSA) is 21.3 Å². The zero-order valence-electron chi connectivity index (χ0n) is 9.99. The van der Waals surface area contributed by atoms with E-state index in [1.165, 1.54) is 30.5 Å². The highest BCUT2D eigenvalue weighted by atomic mass is 16.5. The van der Waals surface area contributed by atoms with Gasteiger partial charge in [-0.25, -0.2) is 0 Å². The Bertz CT molecular complexity index is 402. The normalized spacial score (nSPS) is 32.0. The molecule has 3 unspecified atom stereocenters. The molecule has 1 fully saturated rings. The van der Waals surface area contributed by atoms with Crippen molar-refractivity contribution in [1.82, 2.24) is 0 Å². The average Bonchev–Trinajstić information content (AvgIpc) is 2.28. The van der Waals surface area contributed by atoms with Crippen LogP contribution in [0.3, 0.4) is 0 Å². The minimum atomic E-state index is 0.380. The second-order valence-corrected chi connectivity index (χ2v) is 5.27. The molecule has 1 aromatic rings. The number of nitrogens with one attached hydrogen (secondary N) is 1. The Balaban J connectivity index is 1.91. The lowest BCUT2D eigenvalue weighted by Crippen LogP contribution is -2.45. The van der Waals surface area contributed by atoms with Gasteiger partial charge in [-0.1, -0.05) is 19.1 Å². The Morgan fingerprint density at radius 1 is 1.31 bits per heavy atom. The molecule has 1 saturated carbocycles. The number of aryl methyl sites for hydroxylation is 1. The van der Waals surface area contributed by atoms with Crippen molar-refractivity contribution in [3.05, 3.63) is 23.8 Å². The van der Waals surface area contributed by atoms with Crippen LogP contribution in [0.15, 0.2) is 18.2 Å². The molecule has 2 aliphatic rings. The third kappa shape index (κ3) is 1.57. The van der Waals surface area contributed by atoms with E-state index in [-0.39, 0.29) is 0 Å². The first-order chi connectivity index (χ1) is 7.74. The number of hydrogen-bond donors (Lipinski definition) is 1. The van der Waals surface area contributed by atoms with Crippen molar-refractivity contribution >= 4 is 5.69 Å². The van der Waals surface area contributed by atoms with E-state index in [2.05, 4.69) is 37.4 Å². The first-order valence-corrected chi connectivity index (χ1v) is 6.27. The molecule has 3 atom stereocenters. The van der Waals surface area contributed by atoms with Crippen molar-refractivity contribution in [2.45, 2.75) is 45.3 Å². The second-order valence-electron chi connectivity index (χ2n) is 5.27. The molecule has 1 aromatic carbocycles. The molecule has 16 heavy (non-hydrogen) atoms. The minimum Gasteiger partial charge on any atom is -0.486 e. The molecule has 0 aromatic heterocycles. The summed E-state index contributed by atoms with van der Waals surface area (Å²) in [5.74, 6) is 1.86. The molecule has 0 saturated heterocycles. The van der Waals surface area contributed by atoms with Gasteiger partial charge in [0.1, 0.15) is 11.9 Å². The fraction of sp³-hybridized carbons (Fsp3) is 0.571. The standard InChI is InChI=1S/C14H19NO/c1-9-6-7-12-11(8-9)15-14-10(2)4-3-5-13(14)16-12/h3-5,9,11-12,15H,6-8H2,1-2H3. The maximum atomic E-state index is 6.10. The van der Waals surface area contributed by atoms with Crippen molar-refractivity contribution in [3.8, 4) is 5.75 Å². The van der Waals surface area contributed by atoms with Gasteiger partial charge in [0, 0.05) is 0 Å². The Kier molecular flexibility index (Phi) is 2.31. The maximum Gasteiger partial charge on any atom is 0.143 e. The van der Waals surface area contributed by atoms with Gasteiger partial charge >= 0.3 is 0 Å². The number of rotatable bonds is 0. The third-order valence-corrected chi connectivity index (χ3v) is 3.89. The maximum absolute atomic E-state index is 6.10. The highest BCUT2D eigenvalue weighted by Gasteiger charge is 2.34. The Morgan fingerprint density at radius 3 is 3.06 bits per heavy atom. The largest absolute Gasteiger partial charge is 0.486 e. The summed E-state index contributed by atoms with van der Waals surface area (Å²) in [4.78, 5) is 0. The molecule has 0 amide bonds. The van der Waals surface area contributed by atoms with Crippen molar-refractivity contribution < 1.29 is 4.74 Å². The predicted octanol–water partition coefficient (Wildman–Crippen LogP) is 3.36. The van der Waals surface area contributed by atoms with Gasteiger partial charge in [-0.15, -0.1) is 0 Å². The number of para-hydroxylation sites is 1. The van der Waals surface area contributed by atoms with Crippen LogP contribution >= 0.6 is 0 Å². The lowest BCUT2D eigenvalue weighted by atomic mass is 9.84. The third-order valence-electron chi connectivity index (χ3n) is 3.89. The van der Waals surface area contributed by atoms with Gasteiger partial charge in [-0.3, -0.25) is 0 Å². The highest BCUT2D eigenvalue weighted by Crippen LogP contribution is 2.39. The molecule has 0 bridgehead atoms. The molecule has 1 heterocycles. The zero-order valence-corrected chi connectivity index (χ0v) is 9.99. The summed E-state index contributed by atoms with van der Waals surface area (Å²) < 4.78 is 6.10. The van der Waals surface area contributed by atoms with E-state index in [0.29, 0.717) is 12.1 Å². The first kappa shape index (κ1) is 10.0. The number of ether oxygens (including phenoxy) is 1. The summed E-state index contributed by atoms with van der Waals surface area (Å²) >= 11 is 0. The number of hydrogen-bond acceptors (Lipinski definition) is 2. The zero-order chi connectivity index (χ0) is 11.1. The smallest absolute Gasteiger partial charge is 0.143 e. The molecule has 2 heteroatoms. The van der Waals surface area contributed by atoms with Crippen LogP contribution in [0, 0.1) is 12.8 Å². The van der Waals surface area contributed by atoms with E-state index in [1.807, 2.05) is 0 Å². The van der Waals surface area contributed by atoms with Crippen LogP contribution in [-0.2, 0) is 0 Å². The van der Waals surface area contributed by atoms with Gasteiger partial charge in [0.05, 0.1) is 11.7 Å². The van der Waals surface area contributed by atoms with Crippen LogP contribution in [0.25, 0.3) is 0 Å². The van der Waals surface area contributed by atoms with Crippen LogP contribution in [0.2, 0.25) is 0 Å². The first-order valence-electron chi connectivity index (χ1n) is 6.27. The molecule has 2 nitrogen and oxygen atoms in total. The van der Waals surface area contributed by atoms with Gasteiger partial charge in [0.2, 0.25) is 0 Å². The SMILES string of the molecule is Cc1cccc2c1NC1CC(C)CCC1O2. The van der Waals surface area contributed by atoms with Gasteiger partial charge in [0.25, 0.3) is 0 Å². The van der Waals surface area contributed by atoms with Crippen LogP contribution in [0.1, 0.15) is 31.7 Å². The van der Waals surface area contributed by atoms with Gasteiger partial charge in [-0.2, -0.15) is 0 Å². The van der Waals surface area contributed by atoms with Crippen LogP contribution < -0.4 is 10.1 Å². The molecule has 1 aliphatic carbocycles. The fourth-order valence-corrected chi connectivity index (χ4v) is 2.92. The number of anilines is 1. The molecule has 1 N–H and O–H groups in total. The molecular formula is C14H19NO. The Labute approximate surface area is 97.0 Å². The molecule has 0 radical (unpaired) electrons. The van der Waals surface area contributed by atoms with Gasteiger partial charge in [0.15, 0.2) is 0 Å². The summed E-state index contributed by atoms with van der Waals surface area (Å²) in [5, 5.41) is 3.67. The molecule has 3 rings (SSSR count). The Morgan fingerprint density at radius 2 is 2.19 bits per heavy atom. The van der Waals surface area contributed by atoms with E-state index < -0.39 is 0 Å². The van der Waals surface area contributed by atoms with E-state index in [0.717, 1.165) is 11.7 Å². The molecular weight excluding hydrogens is 198 g/mol. The quantitative estimate of drug-likeness (QED) is 0.719. The average molecular weight is 217 g/mol. The van der Waals surface area contributed by atoms with Crippen molar-refractivity contribution in [2.75, 3.05) is 5.32 Å². The van der Waals surface area contributed by atoms with E-state index in [9.17, 15) is 0 Å². The molecule has 86 valence electrons. The van der Waals surface area contributed by atoms with E-state index >= 15 is 0 Å². The predicted molar refractivity (Wildman–Crippen MR) is 66.0 cm³/mol. The minimum absolute atomic E-state index is 0.380. The number of fused-ring (bicyclic) bond motifs is 2. The van der Waals surface area contributed by atoms with Crippen LogP contribution in [0.4, 0.5) is 5.69 Å². The summed E-state index contributed by atoms with van der Waals surface area (Å²) in [5.41, 5.74) is 2.49. The molecule has 1 aliphatic heterocycles. The summed E-state index contributed by atoms with van der Waals surface area (Å²) in [7, 11) is 0. The van der Waals surface area contributed by atoms with Crippen LogP contribution in [-0.4, -0.2) is 12.1 Å². The van der Waals surface area contributed by atoms with Crippen LogP contribution in [0.5, 0.6) is 5.75 Å². The van der Waals surface area contributed by atoms with Gasteiger partial charge in [-0.05, 0) is 43.7 Å². The highest BCUT2D eigenvalue weighted by molar-refractivity contribution is 5.63. The van der Waals surface area contributed by atoms with E-state index in [4.69, 9.17) is 4.74 Å². The Hall–Kier alpha value is -1.18. The lowest BCUT2D eigenvalue weighted by Gasteiger charge is -2.40. The summed E-state index contributed by atoms with van der Waals surface area (Å²) in [6.07, 6.45) is 4.10. The summed E-state index contributed by atoms with van der Waals surface area (Å²) in [6.45, 7) is 4.48. The number of benzene rings is 1. The molecule has 0 spiro atoms. The van der Waals surface area contributed by atoms with Crippen molar-refractivity contribution in [1.29, 1.82) is 0 Å². The lowest BCUT2D eigenvalue weighted by molar-refractivity contribution is 0.112. The van der Waals surface area contributed by atoms with E-state index in [1.54, 1.807) is 0 Å². The van der Waals surface area contributed by atoms with Crippen molar-refractivity contribution in [2.24, 2.45) is 5.92 Å². The second kappa shape index (κ2) is 3.69.